The molecule has 0 bridgehead atoms. The lowest BCUT2D eigenvalue weighted by Crippen LogP contribution is -2.24. The standard InChI is InChI=1S/C18H23N3/c1-3-14-21(15-4-2)18-13-9-8-12-17(18)20-19-16-10-6-5-7-11-16/h5-13H,3-4,14-15H2,1-2H3. The zero-order chi connectivity index (χ0) is 14.9. The molecule has 2 aromatic rings. The van der Waals surface area contributed by atoms with Crippen LogP contribution in [0.2, 0.25) is 0 Å². The highest BCUT2D eigenvalue weighted by Crippen LogP contribution is 2.30. The van der Waals surface area contributed by atoms with E-state index in [1.165, 1.54) is 5.69 Å². The maximum absolute atomic E-state index is 4.45. The van der Waals surface area contributed by atoms with Gasteiger partial charge in [0.2, 0.25) is 0 Å². The molecule has 0 aliphatic rings. The number of rotatable bonds is 7. The molecular formula is C18H23N3. The second-order valence-corrected chi connectivity index (χ2v) is 5.01. The molecule has 0 fully saturated rings. The van der Waals surface area contributed by atoms with Gasteiger partial charge in [-0.3, -0.25) is 0 Å². The molecule has 0 saturated carbocycles. The summed E-state index contributed by atoms with van der Waals surface area (Å²) in [7, 11) is 0. The Morgan fingerprint density at radius 1 is 0.762 bits per heavy atom. The SMILES string of the molecule is CCCN(CCC)c1ccccc1N=Nc1ccccc1. The predicted molar refractivity (Wildman–Crippen MR) is 89.9 cm³/mol. The first-order valence-corrected chi connectivity index (χ1v) is 7.66. The van der Waals surface area contributed by atoms with E-state index < -0.39 is 0 Å². The Balaban J connectivity index is 2.25. The molecule has 0 spiro atoms. The van der Waals surface area contributed by atoms with Gasteiger partial charge < -0.3 is 4.90 Å². The van der Waals surface area contributed by atoms with Gasteiger partial charge in [0.15, 0.2) is 0 Å². The van der Waals surface area contributed by atoms with Gasteiger partial charge in [-0.1, -0.05) is 44.2 Å². The summed E-state index contributed by atoms with van der Waals surface area (Å²) in [6, 6.07) is 18.1. The summed E-state index contributed by atoms with van der Waals surface area (Å²) in [5, 5.41) is 8.78. The van der Waals surface area contributed by atoms with E-state index in [0.717, 1.165) is 37.3 Å². The topological polar surface area (TPSA) is 28.0 Å². The van der Waals surface area contributed by atoms with E-state index in [2.05, 4.69) is 41.1 Å². The first-order valence-electron chi connectivity index (χ1n) is 7.66. The van der Waals surface area contributed by atoms with Crippen molar-refractivity contribution in [2.75, 3.05) is 18.0 Å². The number of hydrogen-bond donors (Lipinski definition) is 0. The highest BCUT2D eigenvalue weighted by molar-refractivity contribution is 5.66. The first kappa shape index (κ1) is 15.2. The summed E-state index contributed by atoms with van der Waals surface area (Å²) in [5.41, 5.74) is 2.98. The minimum absolute atomic E-state index is 0.879. The second-order valence-electron chi connectivity index (χ2n) is 5.01. The number of para-hydroxylation sites is 1. The molecule has 3 heteroatoms. The highest BCUT2D eigenvalue weighted by Gasteiger charge is 2.09. The summed E-state index contributed by atoms with van der Waals surface area (Å²) in [6.45, 7) is 6.50. The second kappa shape index (κ2) is 8.20. The number of azo groups is 1. The van der Waals surface area contributed by atoms with Crippen molar-refractivity contribution in [2.45, 2.75) is 26.7 Å². The van der Waals surface area contributed by atoms with Crippen molar-refractivity contribution in [2.24, 2.45) is 10.2 Å². The normalized spacial score (nSPS) is 11.0. The van der Waals surface area contributed by atoms with Crippen molar-refractivity contribution in [3.63, 3.8) is 0 Å². The molecule has 0 heterocycles. The maximum atomic E-state index is 4.45. The summed E-state index contributed by atoms with van der Waals surface area (Å²) in [6.07, 6.45) is 2.26. The summed E-state index contributed by atoms with van der Waals surface area (Å²) >= 11 is 0. The molecule has 21 heavy (non-hydrogen) atoms. The van der Waals surface area contributed by atoms with E-state index >= 15 is 0 Å². The molecule has 2 rings (SSSR count). The third kappa shape index (κ3) is 4.42. The fourth-order valence-corrected chi connectivity index (χ4v) is 2.31. The van der Waals surface area contributed by atoms with Gasteiger partial charge in [-0.2, -0.15) is 5.11 Å². The minimum Gasteiger partial charge on any atom is -0.370 e. The van der Waals surface area contributed by atoms with Gasteiger partial charge in [-0.05, 0) is 37.1 Å². The van der Waals surface area contributed by atoms with Crippen LogP contribution >= 0.6 is 0 Å². The fourth-order valence-electron chi connectivity index (χ4n) is 2.31. The van der Waals surface area contributed by atoms with Gasteiger partial charge in [0.05, 0.1) is 11.4 Å². The monoisotopic (exact) mass is 281 g/mol. The lowest BCUT2D eigenvalue weighted by Gasteiger charge is -2.24. The van der Waals surface area contributed by atoms with Gasteiger partial charge in [0.1, 0.15) is 5.69 Å². The molecule has 2 aromatic carbocycles. The number of benzene rings is 2. The third-order valence-corrected chi connectivity index (χ3v) is 3.24. The van der Waals surface area contributed by atoms with E-state index in [1.807, 2.05) is 42.5 Å². The molecule has 3 nitrogen and oxygen atoms in total. The molecule has 0 amide bonds. The number of hydrogen-bond acceptors (Lipinski definition) is 3. The predicted octanol–water partition coefficient (Wildman–Crippen LogP) is 5.73. The molecule has 110 valence electrons. The van der Waals surface area contributed by atoms with Crippen molar-refractivity contribution >= 4 is 17.1 Å². The quantitative estimate of drug-likeness (QED) is 0.596. The smallest absolute Gasteiger partial charge is 0.109 e. The molecule has 0 radical (unpaired) electrons. The Hall–Kier alpha value is -2.16. The van der Waals surface area contributed by atoms with Crippen LogP contribution in [-0.2, 0) is 0 Å². The number of nitrogens with zero attached hydrogens (tertiary/aromatic N) is 3. The largest absolute Gasteiger partial charge is 0.370 e. The van der Waals surface area contributed by atoms with Gasteiger partial charge in [0.25, 0.3) is 0 Å². The van der Waals surface area contributed by atoms with E-state index in [0.29, 0.717) is 0 Å². The van der Waals surface area contributed by atoms with Crippen LogP contribution in [0, 0.1) is 0 Å². The van der Waals surface area contributed by atoms with Crippen molar-refractivity contribution in [3.05, 3.63) is 54.6 Å². The average Bonchev–Trinajstić information content (AvgIpc) is 2.54. The summed E-state index contributed by atoms with van der Waals surface area (Å²) < 4.78 is 0. The highest BCUT2D eigenvalue weighted by atomic mass is 15.2. The Bertz CT molecular complexity index is 558. The lowest BCUT2D eigenvalue weighted by atomic mass is 10.2. The number of anilines is 1. The zero-order valence-electron chi connectivity index (χ0n) is 12.9. The minimum atomic E-state index is 0.879. The molecule has 0 aromatic heterocycles. The third-order valence-electron chi connectivity index (χ3n) is 3.24. The van der Waals surface area contributed by atoms with Crippen molar-refractivity contribution < 1.29 is 0 Å². The lowest BCUT2D eigenvalue weighted by molar-refractivity contribution is 0.745. The Kier molecular flexibility index (Phi) is 5.95. The van der Waals surface area contributed by atoms with Gasteiger partial charge in [-0.15, -0.1) is 5.11 Å². The van der Waals surface area contributed by atoms with Crippen LogP contribution < -0.4 is 4.90 Å². The average molecular weight is 281 g/mol. The molecule has 0 unspecified atom stereocenters. The Morgan fingerprint density at radius 2 is 1.38 bits per heavy atom. The molecule has 0 saturated heterocycles. The molecular weight excluding hydrogens is 258 g/mol. The van der Waals surface area contributed by atoms with Crippen molar-refractivity contribution in [1.29, 1.82) is 0 Å². The van der Waals surface area contributed by atoms with Crippen molar-refractivity contribution in [1.82, 2.24) is 0 Å². The maximum Gasteiger partial charge on any atom is 0.109 e. The molecule has 0 aliphatic heterocycles. The van der Waals surface area contributed by atoms with Crippen LogP contribution in [0.1, 0.15) is 26.7 Å². The fraction of sp³-hybridized carbons (Fsp3) is 0.333. The molecule has 0 aliphatic carbocycles. The van der Waals surface area contributed by atoms with Crippen LogP contribution in [0.4, 0.5) is 17.1 Å². The van der Waals surface area contributed by atoms with Crippen LogP contribution in [0.5, 0.6) is 0 Å². The van der Waals surface area contributed by atoms with Crippen LogP contribution in [0.25, 0.3) is 0 Å². The zero-order valence-corrected chi connectivity index (χ0v) is 12.9. The van der Waals surface area contributed by atoms with Crippen molar-refractivity contribution in [3.8, 4) is 0 Å². The molecule has 0 N–H and O–H groups in total. The van der Waals surface area contributed by atoms with Gasteiger partial charge in [0, 0.05) is 13.1 Å². The summed E-state index contributed by atoms with van der Waals surface area (Å²) in [4.78, 5) is 2.39. The Morgan fingerprint density at radius 3 is 2.05 bits per heavy atom. The van der Waals surface area contributed by atoms with Crippen LogP contribution in [-0.4, -0.2) is 13.1 Å². The molecule has 0 atom stereocenters. The van der Waals surface area contributed by atoms with Gasteiger partial charge >= 0.3 is 0 Å². The van der Waals surface area contributed by atoms with Gasteiger partial charge in [-0.25, -0.2) is 0 Å². The van der Waals surface area contributed by atoms with E-state index in [1.54, 1.807) is 0 Å². The van der Waals surface area contributed by atoms with E-state index in [4.69, 9.17) is 0 Å². The summed E-state index contributed by atoms with van der Waals surface area (Å²) in [5.74, 6) is 0. The Labute approximate surface area is 127 Å². The van der Waals surface area contributed by atoms with Crippen LogP contribution in [0.3, 0.4) is 0 Å². The van der Waals surface area contributed by atoms with Crippen LogP contribution in [0.15, 0.2) is 64.8 Å². The van der Waals surface area contributed by atoms with E-state index in [-0.39, 0.29) is 0 Å². The first-order chi connectivity index (χ1) is 10.3. The van der Waals surface area contributed by atoms with E-state index in [9.17, 15) is 0 Å².